The Balaban J connectivity index is 2.18. The van der Waals surface area contributed by atoms with Crippen molar-refractivity contribution in [1.29, 1.82) is 0 Å². The summed E-state index contributed by atoms with van der Waals surface area (Å²) in [6.45, 7) is 8.41. The van der Waals surface area contributed by atoms with Gasteiger partial charge in [-0.05, 0) is 45.1 Å². The summed E-state index contributed by atoms with van der Waals surface area (Å²) in [5.74, 6) is 1.97. The average Bonchev–Trinajstić information content (AvgIpc) is 2.87. The first-order valence-electron chi connectivity index (χ1n) is 8.44. The van der Waals surface area contributed by atoms with Crippen LogP contribution in [-0.4, -0.2) is 34.3 Å². The van der Waals surface area contributed by atoms with Gasteiger partial charge >= 0.3 is 0 Å². The van der Waals surface area contributed by atoms with Gasteiger partial charge < -0.3 is 14.6 Å². The molecule has 1 fully saturated rings. The van der Waals surface area contributed by atoms with E-state index in [2.05, 4.69) is 42.7 Å². The SMILES string of the molecule is CCNC(Cc1nccn1C)C1(OCC)CCC(C)CC1. The fourth-order valence-electron chi connectivity index (χ4n) is 3.60. The van der Waals surface area contributed by atoms with Crippen molar-refractivity contribution in [3.05, 3.63) is 18.2 Å². The Morgan fingerprint density at radius 1 is 1.43 bits per heavy atom. The largest absolute Gasteiger partial charge is 0.374 e. The first-order valence-corrected chi connectivity index (χ1v) is 8.44. The highest BCUT2D eigenvalue weighted by molar-refractivity contribution is 5.03. The lowest BCUT2D eigenvalue weighted by molar-refractivity contribution is -0.0962. The third-order valence-corrected chi connectivity index (χ3v) is 4.95. The normalized spacial score (nSPS) is 27.7. The smallest absolute Gasteiger partial charge is 0.110 e. The topological polar surface area (TPSA) is 39.1 Å². The molecule has 0 amide bonds. The summed E-state index contributed by atoms with van der Waals surface area (Å²) in [4.78, 5) is 4.51. The minimum atomic E-state index is -0.0246. The van der Waals surface area contributed by atoms with Crippen molar-refractivity contribution in [2.24, 2.45) is 13.0 Å². The van der Waals surface area contributed by atoms with Crippen LogP contribution in [0.4, 0.5) is 0 Å². The Bertz CT molecular complexity index is 421. The van der Waals surface area contributed by atoms with E-state index < -0.39 is 0 Å². The summed E-state index contributed by atoms with van der Waals surface area (Å²) < 4.78 is 8.44. The number of ether oxygens (including phenoxy) is 1. The second-order valence-electron chi connectivity index (χ2n) is 6.45. The van der Waals surface area contributed by atoms with E-state index in [0.717, 1.165) is 44.2 Å². The van der Waals surface area contributed by atoms with Gasteiger partial charge in [0.25, 0.3) is 0 Å². The van der Waals surface area contributed by atoms with Crippen molar-refractivity contribution >= 4 is 0 Å². The zero-order chi connectivity index (χ0) is 15.3. The number of likely N-dealkylation sites (N-methyl/N-ethyl adjacent to an activating group) is 1. The number of nitrogens with one attached hydrogen (secondary N) is 1. The van der Waals surface area contributed by atoms with E-state index in [4.69, 9.17) is 4.74 Å². The number of aryl methyl sites for hydroxylation is 1. The number of aromatic nitrogens is 2. The highest BCUT2D eigenvalue weighted by Crippen LogP contribution is 2.38. The maximum Gasteiger partial charge on any atom is 0.110 e. The summed E-state index contributed by atoms with van der Waals surface area (Å²) in [7, 11) is 2.07. The van der Waals surface area contributed by atoms with Gasteiger partial charge in [0.05, 0.1) is 5.60 Å². The van der Waals surface area contributed by atoms with Crippen molar-refractivity contribution in [2.45, 2.75) is 64.5 Å². The number of hydrogen-bond acceptors (Lipinski definition) is 3. The Kier molecular flexibility index (Phi) is 5.82. The number of nitrogens with zero attached hydrogens (tertiary/aromatic N) is 2. The number of imidazole rings is 1. The van der Waals surface area contributed by atoms with E-state index in [-0.39, 0.29) is 5.60 Å². The molecule has 0 aromatic carbocycles. The van der Waals surface area contributed by atoms with Gasteiger partial charge in [0, 0.05) is 38.5 Å². The van der Waals surface area contributed by atoms with Crippen molar-refractivity contribution in [1.82, 2.24) is 14.9 Å². The molecule has 1 atom stereocenters. The second-order valence-corrected chi connectivity index (χ2v) is 6.45. The third kappa shape index (κ3) is 3.86. The van der Waals surface area contributed by atoms with Crippen LogP contribution < -0.4 is 5.32 Å². The summed E-state index contributed by atoms with van der Waals surface area (Å²) in [5, 5.41) is 3.68. The molecular formula is C17H31N3O. The molecule has 1 aromatic heterocycles. The Morgan fingerprint density at radius 3 is 2.67 bits per heavy atom. The zero-order valence-corrected chi connectivity index (χ0v) is 14.1. The molecule has 2 rings (SSSR count). The third-order valence-electron chi connectivity index (χ3n) is 4.95. The molecule has 1 aliphatic rings. The van der Waals surface area contributed by atoms with E-state index in [9.17, 15) is 0 Å². The van der Waals surface area contributed by atoms with Crippen molar-refractivity contribution in [2.75, 3.05) is 13.2 Å². The standard InChI is InChI=1S/C17H31N3O/c1-5-18-15(13-16-19-11-12-20(16)4)17(21-6-2)9-7-14(3)8-10-17/h11-12,14-15,18H,5-10,13H2,1-4H3. The molecule has 0 bridgehead atoms. The lowest BCUT2D eigenvalue weighted by Gasteiger charge is -2.45. The molecule has 21 heavy (non-hydrogen) atoms. The molecule has 4 nitrogen and oxygen atoms in total. The van der Waals surface area contributed by atoms with Crippen LogP contribution in [0.25, 0.3) is 0 Å². The van der Waals surface area contributed by atoms with E-state index >= 15 is 0 Å². The summed E-state index contributed by atoms with van der Waals surface area (Å²) in [5.41, 5.74) is -0.0246. The van der Waals surface area contributed by atoms with Crippen molar-refractivity contribution < 1.29 is 4.74 Å². The first kappa shape index (κ1) is 16.5. The van der Waals surface area contributed by atoms with Crippen LogP contribution in [0.3, 0.4) is 0 Å². The van der Waals surface area contributed by atoms with Gasteiger partial charge in [-0.1, -0.05) is 13.8 Å². The van der Waals surface area contributed by atoms with Crippen LogP contribution in [0.15, 0.2) is 12.4 Å². The maximum atomic E-state index is 6.32. The molecule has 1 saturated carbocycles. The first-order chi connectivity index (χ1) is 10.1. The van der Waals surface area contributed by atoms with Crippen LogP contribution in [-0.2, 0) is 18.2 Å². The number of hydrogen-bond donors (Lipinski definition) is 1. The molecule has 1 unspecified atom stereocenters. The average molecular weight is 293 g/mol. The summed E-state index contributed by atoms with van der Waals surface area (Å²) in [6.07, 6.45) is 9.69. The Morgan fingerprint density at radius 2 is 2.14 bits per heavy atom. The molecule has 1 N–H and O–H groups in total. The summed E-state index contributed by atoms with van der Waals surface area (Å²) >= 11 is 0. The van der Waals surface area contributed by atoms with Gasteiger partial charge in [-0.15, -0.1) is 0 Å². The molecule has 0 aliphatic heterocycles. The van der Waals surface area contributed by atoms with Gasteiger partial charge in [0.1, 0.15) is 5.82 Å². The minimum absolute atomic E-state index is 0.0246. The summed E-state index contributed by atoms with van der Waals surface area (Å²) in [6, 6.07) is 0.344. The molecule has 0 saturated heterocycles. The van der Waals surface area contributed by atoms with Gasteiger partial charge in [-0.3, -0.25) is 0 Å². The molecule has 1 aromatic rings. The highest BCUT2D eigenvalue weighted by atomic mass is 16.5. The fourth-order valence-corrected chi connectivity index (χ4v) is 3.60. The van der Waals surface area contributed by atoms with Crippen molar-refractivity contribution in [3.8, 4) is 0 Å². The van der Waals surface area contributed by atoms with Gasteiger partial charge in [-0.25, -0.2) is 4.98 Å². The zero-order valence-electron chi connectivity index (χ0n) is 14.1. The van der Waals surface area contributed by atoms with Gasteiger partial charge in [-0.2, -0.15) is 0 Å². The lowest BCUT2D eigenvalue weighted by atomic mass is 9.74. The molecule has 4 heteroatoms. The van der Waals surface area contributed by atoms with Gasteiger partial charge in [0.15, 0.2) is 0 Å². The fraction of sp³-hybridized carbons (Fsp3) is 0.824. The lowest BCUT2D eigenvalue weighted by Crippen LogP contribution is -2.55. The monoisotopic (exact) mass is 293 g/mol. The van der Waals surface area contributed by atoms with Crippen LogP contribution in [0.5, 0.6) is 0 Å². The van der Waals surface area contributed by atoms with Crippen LogP contribution >= 0.6 is 0 Å². The van der Waals surface area contributed by atoms with E-state index in [0.29, 0.717) is 6.04 Å². The number of rotatable bonds is 7. The molecule has 0 radical (unpaired) electrons. The second kappa shape index (κ2) is 7.41. The van der Waals surface area contributed by atoms with Gasteiger partial charge in [0.2, 0.25) is 0 Å². The minimum Gasteiger partial charge on any atom is -0.374 e. The van der Waals surface area contributed by atoms with E-state index in [1.54, 1.807) is 0 Å². The van der Waals surface area contributed by atoms with Crippen LogP contribution in [0, 0.1) is 5.92 Å². The van der Waals surface area contributed by atoms with Crippen LogP contribution in [0.1, 0.15) is 52.3 Å². The highest BCUT2D eigenvalue weighted by Gasteiger charge is 2.42. The Labute approximate surface area is 129 Å². The molecule has 1 heterocycles. The molecule has 120 valence electrons. The quantitative estimate of drug-likeness (QED) is 0.840. The van der Waals surface area contributed by atoms with E-state index in [1.165, 1.54) is 12.8 Å². The molecule has 0 spiro atoms. The predicted molar refractivity (Wildman–Crippen MR) is 86.4 cm³/mol. The maximum absolute atomic E-state index is 6.32. The Hall–Kier alpha value is -0.870. The van der Waals surface area contributed by atoms with Crippen molar-refractivity contribution in [3.63, 3.8) is 0 Å². The molecular weight excluding hydrogens is 262 g/mol. The molecule has 1 aliphatic carbocycles. The van der Waals surface area contributed by atoms with Crippen LogP contribution in [0.2, 0.25) is 0 Å². The van der Waals surface area contributed by atoms with E-state index in [1.807, 2.05) is 12.4 Å². The predicted octanol–water partition coefficient (Wildman–Crippen LogP) is 2.93.